The van der Waals surface area contributed by atoms with Crippen molar-refractivity contribution in [3.05, 3.63) is 173 Å². The molecule has 0 aliphatic rings. The molecule has 0 aromatic heterocycles. The van der Waals surface area contributed by atoms with E-state index in [9.17, 15) is 57.2 Å². The highest BCUT2D eigenvalue weighted by Gasteiger charge is 2.25. The Bertz CT molecular complexity index is 4930. The molecule has 0 fully saturated rings. The van der Waals surface area contributed by atoms with Crippen LogP contribution in [0.4, 0.5) is 62.6 Å². The highest BCUT2D eigenvalue weighted by atomic mass is 32.2. The molecular weight excluding hydrogens is 1230 g/mol. The summed E-state index contributed by atoms with van der Waals surface area (Å²) in [5, 5.41) is 52.1. The van der Waals surface area contributed by atoms with E-state index in [4.69, 9.17) is 14.0 Å². The van der Waals surface area contributed by atoms with Crippen molar-refractivity contribution < 1.29 is 71.3 Å². The van der Waals surface area contributed by atoms with Crippen molar-refractivity contribution in [2.45, 2.75) is 48.8 Å². The number of methoxy groups -OCH3 is 1. The van der Waals surface area contributed by atoms with E-state index in [1.807, 2.05) is 37.3 Å². The van der Waals surface area contributed by atoms with Crippen molar-refractivity contribution in [3.8, 4) is 17.2 Å². The monoisotopic (exact) mass is 1280 g/mol. The fourth-order valence-electron chi connectivity index (χ4n) is 8.90. The van der Waals surface area contributed by atoms with E-state index >= 15 is 0 Å². The summed E-state index contributed by atoms with van der Waals surface area (Å²) in [6.07, 6.45) is -0.256. The minimum Gasteiger partial charge on any atom is -0.505 e. The number of azo groups is 4. The first-order chi connectivity index (χ1) is 42.0. The van der Waals surface area contributed by atoms with Gasteiger partial charge in [-0.2, -0.15) is 64.4 Å². The maximum Gasteiger partial charge on any atom is 0.296 e. The average molecular weight is 1290 g/mol. The predicted molar refractivity (Wildman–Crippen MR) is 331 cm³/mol. The summed E-state index contributed by atoms with van der Waals surface area (Å²) < 4.78 is 147. The Morgan fingerprint density at radius 2 is 1.04 bits per heavy atom. The zero-order valence-electron chi connectivity index (χ0n) is 47.4. The smallest absolute Gasteiger partial charge is 0.296 e. The van der Waals surface area contributed by atoms with Gasteiger partial charge in [-0.1, -0.05) is 18.2 Å². The van der Waals surface area contributed by atoms with Gasteiger partial charge >= 0.3 is 0 Å². The molecule has 7 N–H and O–H groups in total. The molecule has 458 valence electrons. The van der Waals surface area contributed by atoms with Crippen LogP contribution in [0.2, 0.25) is 0 Å². The number of amides is 1. The SMILES string of the molecule is COc1cc(C(=O)Nc2cc3c(OCCCS(=O)(=O)O)cc(S(=O)(=O)O)cc3cc2S(=O)(=O)O)ccc1N=Nc1ccc(N=Nc2ccc(N=Nc3cc(C)c(N=Nc4c(S(=O)(=O)O)cc5cc(Nc6ccccc6)ccc5c4O)cc3C)cc2C)cc1C. The van der Waals surface area contributed by atoms with Crippen molar-refractivity contribution in [1.29, 1.82) is 0 Å². The van der Waals surface area contributed by atoms with Gasteiger partial charge in [0.15, 0.2) is 5.75 Å². The van der Waals surface area contributed by atoms with Crippen LogP contribution in [0.25, 0.3) is 21.5 Å². The molecule has 0 unspecified atom stereocenters. The van der Waals surface area contributed by atoms with Crippen LogP contribution in [0.1, 0.15) is 39.0 Å². The third kappa shape index (κ3) is 15.7. The number of carbonyl (C=O) groups excluding carboxylic acids is 1. The van der Waals surface area contributed by atoms with Crippen molar-refractivity contribution in [3.63, 3.8) is 0 Å². The van der Waals surface area contributed by atoms with Crippen LogP contribution < -0.4 is 20.1 Å². The lowest BCUT2D eigenvalue weighted by molar-refractivity contribution is 0.102. The molecule has 0 spiro atoms. The van der Waals surface area contributed by atoms with Crippen molar-refractivity contribution in [2.24, 2.45) is 40.9 Å². The molecule has 0 bridgehead atoms. The maximum atomic E-state index is 13.7. The molecule has 0 saturated heterocycles. The Morgan fingerprint density at radius 1 is 0.494 bits per heavy atom. The van der Waals surface area contributed by atoms with Gasteiger partial charge in [-0.3, -0.25) is 23.0 Å². The van der Waals surface area contributed by atoms with Crippen LogP contribution >= 0.6 is 0 Å². The van der Waals surface area contributed by atoms with E-state index in [1.54, 1.807) is 87.5 Å². The first-order valence-electron chi connectivity index (χ1n) is 26.2. The minimum absolute atomic E-state index is 0.0226. The number of benzene rings is 9. The van der Waals surface area contributed by atoms with Gasteiger partial charge in [0.1, 0.15) is 32.7 Å². The molecule has 26 nitrogen and oxygen atoms in total. The quantitative estimate of drug-likeness (QED) is 0.0200. The number of nitrogens with zero attached hydrogens (tertiary/aromatic N) is 8. The first kappa shape index (κ1) is 63.7. The van der Waals surface area contributed by atoms with E-state index < -0.39 is 90.6 Å². The topological polar surface area (TPSA) is 396 Å². The van der Waals surface area contributed by atoms with Gasteiger partial charge in [0.2, 0.25) is 0 Å². The summed E-state index contributed by atoms with van der Waals surface area (Å²) >= 11 is 0. The van der Waals surface area contributed by atoms with E-state index in [0.717, 1.165) is 35.5 Å². The Kier molecular flexibility index (Phi) is 18.5. The number of ether oxygens (including phenoxy) is 2. The van der Waals surface area contributed by atoms with Gasteiger partial charge in [0.25, 0.3) is 46.4 Å². The van der Waals surface area contributed by atoms with Crippen molar-refractivity contribution >= 4 is 130 Å². The van der Waals surface area contributed by atoms with E-state index in [0.29, 0.717) is 61.9 Å². The predicted octanol–water partition coefficient (Wildman–Crippen LogP) is 15.0. The molecule has 9 aromatic carbocycles. The molecular formula is C59H52N10O16S4. The number of aromatic hydroxyl groups is 1. The van der Waals surface area contributed by atoms with Crippen LogP contribution in [-0.2, 0) is 40.5 Å². The standard InChI is InChI=1S/C59H52N10O16S4/c1-33-22-43(63-67-50-24-36(4)51(25-35(50)3)68-69-57-56(89(81,82)83)30-38-26-41(13-16-45(38)58(57)70)60-40-10-7-6-8-11-40)14-18-47(33)64-62-42-15-19-48(34(2)23-42)65-66-49-17-12-37(28-54(49)84-5)59(71)61-52-32-46-39(29-55(52)88(78,79)80)27-44(87(75,76)77)31-53(46)85-20-9-21-86(72,73)74/h6-8,10-19,22-32,60,70H,9,20-21H2,1-5H3,(H,61,71)(H,72,73,74)(H,75,76,77)(H,78,79,80)(H,81,82,83). The van der Waals surface area contributed by atoms with Gasteiger partial charge in [0.05, 0.1) is 64.2 Å². The highest BCUT2D eigenvalue weighted by molar-refractivity contribution is 7.86. The minimum atomic E-state index is -5.11. The number of phenolic OH excluding ortho intramolecular Hbond substituents is 1. The highest BCUT2D eigenvalue weighted by Crippen LogP contribution is 2.44. The molecule has 9 rings (SSSR count). The zero-order chi connectivity index (χ0) is 64.2. The summed E-state index contributed by atoms with van der Waals surface area (Å²) in [6.45, 7) is 6.76. The van der Waals surface area contributed by atoms with Crippen LogP contribution in [0.3, 0.4) is 0 Å². The molecule has 0 aliphatic carbocycles. The maximum absolute atomic E-state index is 13.7. The van der Waals surface area contributed by atoms with Crippen LogP contribution in [0, 0.1) is 27.7 Å². The Hall–Kier alpha value is -9.79. The van der Waals surface area contributed by atoms with Gasteiger partial charge in [-0.05, 0) is 188 Å². The second kappa shape index (κ2) is 25.9. The third-order valence-electron chi connectivity index (χ3n) is 13.4. The summed E-state index contributed by atoms with van der Waals surface area (Å²) in [6, 6.07) is 36.9. The molecule has 1 amide bonds. The fourth-order valence-corrected chi connectivity index (χ4v) is 11.2. The number of phenols is 1. The number of fused-ring (bicyclic) bond motifs is 2. The van der Waals surface area contributed by atoms with E-state index in [1.165, 1.54) is 31.4 Å². The molecule has 9 aromatic rings. The Morgan fingerprint density at radius 3 is 1.63 bits per heavy atom. The lowest BCUT2D eigenvalue weighted by Gasteiger charge is -2.15. The van der Waals surface area contributed by atoms with Crippen molar-refractivity contribution in [1.82, 2.24) is 0 Å². The molecule has 0 aliphatic heterocycles. The number of hydrogen-bond donors (Lipinski definition) is 7. The van der Waals surface area contributed by atoms with Crippen LogP contribution in [-0.4, -0.2) is 82.4 Å². The van der Waals surface area contributed by atoms with E-state index in [2.05, 4.69) is 51.5 Å². The summed E-state index contributed by atoms with van der Waals surface area (Å²) in [5.41, 5.74) is 6.17. The largest absolute Gasteiger partial charge is 0.505 e. The summed E-state index contributed by atoms with van der Waals surface area (Å²) in [4.78, 5) is 11.5. The fraction of sp³-hybridized carbons (Fsp3) is 0.136. The zero-order valence-corrected chi connectivity index (χ0v) is 50.7. The van der Waals surface area contributed by atoms with Crippen LogP contribution in [0.15, 0.2) is 201 Å². The molecule has 89 heavy (non-hydrogen) atoms. The molecule has 30 heteroatoms. The van der Waals surface area contributed by atoms with E-state index in [-0.39, 0.29) is 45.3 Å². The van der Waals surface area contributed by atoms with Gasteiger partial charge in [-0.15, -0.1) is 10.2 Å². The van der Waals surface area contributed by atoms with Gasteiger partial charge in [0, 0.05) is 33.8 Å². The number of rotatable bonds is 21. The number of carbonyl (C=O) groups is 1. The Balaban J connectivity index is 0.854. The van der Waals surface area contributed by atoms with Gasteiger partial charge < -0.3 is 25.2 Å². The van der Waals surface area contributed by atoms with Crippen molar-refractivity contribution in [2.75, 3.05) is 30.1 Å². The normalized spacial score (nSPS) is 12.5. The molecule has 0 saturated carbocycles. The summed E-state index contributed by atoms with van der Waals surface area (Å²) in [7, 11) is -17.9. The molecule has 0 atom stereocenters. The molecule has 0 radical (unpaired) electrons. The number of hydrogen-bond acceptors (Lipinski definition) is 21. The average Bonchev–Trinajstić information content (AvgIpc) is 0.828. The third-order valence-corrected chi connectivity index (χ3v) is 16.8. The first-order valence-corrected chi connectivity index (χ1v) is 32.2. The lowest BCUT2D eigenvalue weighted by atomic mass is 10.1. The van der Waals surface area contributed by atoms with Crippen LogP contribution in [0.5, 0.6) is 17.2 Å². The second-order valence-electron chi connectivity index (χ2n) is 19.9. The second-order valence-corrected chi connectivity index (χ2v) is 25.7. The number of nitrogens with one attached hydrogen (secondary N) is 2. The number of para-hydroxylation sites is 1. The number of anilines is 3. The number of aryl methyl sites for hydroxylation is 4. The summed E-state index contributed by atoms with van der Waals surface area (Å²) in [5.74, 6) is -2.30. The Labute approximate surface area is 509 Å². The lowest BCUT2D eigenvalue weighted by Crippen LogP contribution is -2.15. The van der Waals surface area contributed by atoms with Gasteiger partial charge in [-0.25, -0.2) is 0 Å². The molecule has 0 heterocycles.